The van der Waals surface area contributed by atoms with Crippen LogP contribution in [0.3, 0.4) is 0 Å². The Hall–Kier alpha value is -0.980. The van der Waals surface area contributed by atoms with E-state index in [1.807, 2.05) is 32.9 Å². The van der Waals surface area contributed by atoms with Gasteiger partial charge in [0, 0.05) is 23.8 Å². The van der Waals surface area contributed by atoms with Crippen LogP contribution in [0, 0.1) is 5.41 Å². The molecule has 2 aliphatic rings. The minimum atomic E-state index is -0.502. The van der Waals surface area contributed by atoms with Gasteiger partial charge < -0.3 is 14.8 Å². The number of nitrogens with one attached hydrogen (secondary N) is 1. The first-order valence-corrected chi connectivity index (χ1v) is 9.20. The second kappa shape index (κ2) is 6.39. The Labute approximate surface area is 151 Å². The monoisotopic (exact) mass is 396 g/mol. The predicted molar refractivity (Wildman–Crippen MR) is 94.6 cm³/mol. The Bertz CT molecular complexity index is 608. The number of hydrogen-bond donors (Lipinski definition) is 1. The van der Waals surface area contributed by atoms with Gasteiger partial charge in [-0.2, -0.15) is 0 Å². The van der Waals surface area contributed by atoms with Gasteiger partial charge in [0.15, 0.2) is 0 Å². The molecule has 1 N–H and O–H groups in total. The highest BCUT2D eigenvalue weighted by Crippen LogP contribution is 2.53. The Kier molecular flexibility index (Phi) is 4.75. The van der Waals surface area contributed by atoms with Crippen molar-refractivity contribution >= 4 is 21.9 Å². The minimum absolute atomic E-state index is 0.0431. The molecule has 1 spiro atoms. The van der Waals surface area contributed by atoms with Gasteiger partial charge in [-0.1, -0.05) is 0 Å². The molecule has 0 aromatic carbocycles. The molecule has 1 aliphatic carbocycles. The lowest BCUT2D eigenvalue weighted by Crippen LogP contribution is -2.52. The van der Waals surface area contributed by atoms with Gasteiger partial charge in [-0.15, -0.1) is 0 Å². The smallest absolute Gasteiger partial charge is 0.332 e. The van der Waals surface area contributed by atoms with Crippen molar-refractivity contribution in [1.82, 2.24) is 10.3 Å². The van der Waals surface area contributed by atoms with Crippen molar-refractivity contribution in [2.75, 3.05) is 19.7 Å². The highest BCUT2D eigenvalue weighted by atomic mass is 79.9. The van der Waals surface area contributed by atoms with Crippen LogP contribution in [0.2, 0.25) is 0 Å². The van der Waals surface area contributed by atoms with Gasteiger partial charge in [-0.25, -0.2) is 4.79 Å². The van der Waals surface area contributed by atoms with E-state index in [0.29, 0.717) is 0 Å². The number of esters is 1. The molecule has 1 unspecified atom stereocenters. The number of nitrogens with zero attached hydrogens (tertiary/aromatic N) is 1. The molecule has 1 atom stereocenters. The molecule has 1 saturated heterocycles. The van der Waals surface area contributed by atoms with Crippen molar-refractivity contribution in [2.45, 2.75) is 51.2 Å². The molecular formula is C18H25BrN2O3. The molecule has 24 heavy (non-hydrogen) atoms. The van der Waals surface area contributed by atoms with Crippen LogP contribution >= 0.6 is 15.9 Å². The van der Waals surface area contributed by atoms with Gasteiger partial charge in [0.25, 0.3) is 0 Å². The van der Waals surface area contributed by atoms with Crippen LogP contribution in [0.15, 0.2) is 22.8 Å². The topological polar surface area (TPSA) is 60.5 Å². The fraction of sp³-hybridized carbons (Fsp3) is 0.667. The molecule has 0 amide bonds. The number of aromatic nitrogens is 1. The van der Waals surface area contributed by atoms with Crippen LogP contribution in [0.25, 0.3) is 0 Å². The normalized spacial score (nSPS) is 25.5. The van der Waals surface area contributed by atoms with Gasteiger partial charge in [-0.3, -0.25) is 4.98 Å². The van der Waals surface area contributed by atoms with Crippen molar-refractivity contribution in [2.24, 2.45) is 5.41 Å². The zero-order chi connectivity index (χ0) is 17.4. The van der Waals surface area contributed by atoms with Crippen LogP contribution in [0.5, 0.6) is 0 Å². The van der Waals surface area contributed by atoms with Crippen molar-refractivity contribution < 1.29 is 14.3 Å². The number of ether oxygens (including phenoxy) is 2. The molecule has 0 radical (unpaired) electrons. The first-order valence-electron chi connectivity index (χ1n) is 8.41. The van der Waals surface area contributed by atoms with Gasteiger partial charge >= 0.3 is 5.97 Å². The number of rotatable bonds is 4. The molecule has 132 valence electrons. The van der Waals surface area contributed by atoms with E-state index in [1.54, 1.807) is 6.20 Å². The van der Waals surface area contributed by atoms with Gasteiger partial charge in [0.2, 0.25) is 0 Å². The lowest BCUT2D eigenvalue weighted by Gasteiger charge is -2.41. The molecule has 2 heterocycles. The van der Waals surface area contributed by atoms with Gasteiger partial charge in [-0.05, 0) is 73.5 Å². The Morgan fingerprint density at radius 3 is 2.58 bits per heavy atom. The van der Waals surface area contributed by atoms with E-state index in [-0.39, 0.29) is 18.0 Å². The maximum Gasteiger partial charge on any atom is 0.332 e. The molecule has 5 nitrogen and oxygen atoms in total. The zero-order valence-electron chi connectivity index (χ0n) is 14.5. The maximum atomic E-state index is 12.1. The van der Waals surface area contributed by atoms with Crippen molar-refractivity contribution in [3.63, 3.8) is 0 Å². The summed E-state index contributed by atoms with van der Waals surface area (Å²) in [4.78, 5) is 16.7. The number of hydrogen-bond acceptors (Lipinski definition) is 5. The van der Waals surface area contributed by atoms with E-state index in [1.165, 1.54) is 0 Å². The largest absolute Gasteiger partial charge is 0.458 e. The molecule has 1 aromatic heterocycles. The molecule has 2 fully saturated rings. The fourth-order valence-electron chi connectivity index (χ4n) is 3.66. The third kappa shape index (κ3) is 3.81. The Balaban J connectivity index is 1.76. The molecule has 6 heteroatoms. The lowest BCUT2D eigenvalue weighted by molar-refractivity contribution is -0.168. The second-order valence-corrected chi connectivity index (χ2v) is 8.93. The first-order chi connectivity index (χ1) is 11.2. The molecular weight excluding hydrogens is 372 g/mol. The van der Waals surface area contributed by atoms with Crippen LogP contribution in [-0.2, 0) is 19.9 Å². The SMILES string of the molecule is CC(C)(C)OC(=O)COC1(c2ccc(Br)cn2)CCC2(CNC2)C1. The summed E-state index contributed by atoms with van der Waals surface area (Å²) in [6, 6.07) is 3.97. The molecule has 0 bridgehead atoms. The Morgan fingerprint density at radius 1 is 1.33 bits per heavy atom. The summed E-state index contributed by atoms with van der Waals surface area (Å²) in [6.45, 7) is 7.57. The highest BCUT2D eigenvalue weighted by molar-refractivity contribution is 9.10. The van der Waals surface area contributed by atoms with E-state index >= 15 is 0 Å². The number of halogens is 1. The van der Waals surface area contributed by atoms with E-state index in [0.717, 1.165) is 42.5 Å². The highest BCUT2D eigenvalue weighted by Gasteiger charge is 2.53. The molecule has 3 rings (SSSR count). The summed E-state index contributed by atoms with van der Waals surface area (Å²) in [5.41, 5.74) is 0.179. The Morgan fingerprint density at radius 2 is 2.08 bits per heavy atom. The average molecular weight is 397 g/mol. The zero-order valence-corrected chi connectivity index (χ0v) is 16.1. The second-order valence-electron chi connectivity index (χ2n) is 8.01. The van der Waals surface area contributed by atoms with E-state index in [4.69, 9.17) is 9.47 Å². The molecule has 1 saturated carbocycles. The fourth-order valence-corrected chi connectivity index (χ4v) is 3.89. The molecule has 1 aromatic rings. The van der Waals surface area contributed by atoms with Crippen LogP contribution in [0.1, 0.15) is 45.7 Å². The van der Waals surface area contributed by atoms with Gasteiger partial charge in [0.1, 0.15) is 17.8 Å². The average Bonchev–Trinajstić information content (AvgIpc) is 2.86. The summed E-state index contributed by atoms with van der Waals surface area (Å²) >= 11 is 3.43. The van der Waals surface area contributed by atoms with Gasteiger partial charge in [0.05, 0.1) is 5.69 Å². The predicted octanol–water partition coefficient (Wildman–Crippen LogP) is 3.17. The summed E-state index contributed by atoms with van der Waals surface area (Å²) < 4.78 is 12.5. The van der Waals surface area contributed by atoms with Crippen molar-refractivity contribution in [3.05, 3.63) is 28.5 Å². The van der Waals surface area contributed by atoms with Crippen molar-refractivity contribution in [3.8, 4) is 0 Å². The minimum Gasteiger partial charge on any atom is -0.458 e. The standard InChI is InChI=1S/C18H25BrN2O3/c1-16(2,3)24-15(22)9-23-18(14-5-4-13(19)8-21-14)7-6-17(10-18)11-20-12-17/h4-5,8,20H,6-7,9-12H2,1-3H3. The lowest BCUT2D eigenvalue weighted by atomic mass is 9.78. The van der Waals surface area contributed by atoms with Crippen LogP contribution in [0.4, 0.5) is 0 Å². The quantitative estimate of drug-likeness (QED) is 0.791. The summed E-state index contributed by atoms with van der Waals surface area (Å²) in [5, 5.41) is 3.36. The van der Waals surface area contributed by atoms with Crippen LogP contribution < -0.4 is 5.32 Å². The van der Waals surface area contributed by atoms with E-state index < -0.39 is 11.2 Å². The first kappa shape index (κ1) is 17.8. The van der Waals surface area contributed by atoms with Crippen LogP contribution in [-0.4, -0.2) is 36.3 Å². The van der Waals surface area contributed by atoms with E-state index in [2.05, 4.69) is 26.2 Å². The number of carbonyl (C=O) groups excluding carboxylic acids is 1. The maximum absolute atomic E-state index is 12.1. The third-order valence-corrected chi connectivity index (χ3v) is 5.27. The van der Waals surface area contributed by atoms with Crippen molar-refractivity contribution in [1.29, 1.82) is 0 Å². The summed E-state index contributed by atoms with van der Waals surface area (Å²) in [5.74, 6) is -0.327. The molecule has 1 aliphatic heterocycles. The number of carbonyl (C=O) groups is 1. The summed E-state index contributed by atoms with van der Waals surface area (Å²) in [7, 11) is 0. The summed E-state index contributed by atoms with van der Waals surface area (Å²) in [6.07, 6.45) is 4.65. The van der Waals surface area contributed by atoms with E-state index in [9.17, 15) is 4.79 Å². The number of pyridine rings is 1. The third-order valence-electron chi connectivity index (χ3n) is 4.80.